The summed E-state index contributed by atoms with van der Waals surface area (Å²) >= 11 is 0. The van der Waals surface area contributed by atoms with E-state index in [0.717, 1.165) is 54.6 Å². The molecule has 0 aliphatic carbocycles. The maximum atomic E-state index is 4.82. The topological polar surface area (TPSA) is 58.4 Å². The first-order valence-electron chi connectivity index (χ1n) is 7.97. The second-order valence-electron chi connectivity index (χ2n) is 5.92. The molecule has 0 radical (unpaired) electrons. The van der Waals surface area contributed by atoms with Gasteiger partial charge in [-0.05, 0) is 26.0 Å². The molecule has 6 nitrogen and oxygen atoms in total. The molecular weight excluding hydrogens is 288 g/mol. The van der Waals surface area contributed by atoms with Crippen molar-refractivity contribution in [2.24, 2.45) is 0 Å². The van der Waals surface area contributed by atoms with Gasteiger partial charge >= 0.3 is 0 Å². The molecule has 4 rings (SSSR count). The zero-order valence-electron chi connectivity index (χ0n) is 13.5. The summed E-state index contributed by atoms with van der Waals surface area (Å²) in [6.45, 7) is 8.18. The molecule has 0 saturated carbocycles. The van der Waals surface area contributed by atoms with Crippen molar-refractivity contribution >= 4 is 11.5 Å². The van der Waals surface area contributed by atoms with Crippen LogP contribution in [0.15, 0.2) is 30.6 Å². The van der Waals surface area contributed by atoms with Gasteiger partial charge in [-0.3, -0.25) is 4.98 Å². The molecule has 3 aromatic rings. The van der Waals surface area contributed by atoms with Crippen molar-refractivity contribution in [3.8, 4) is 11.3 Å². The molecule has 1 saturated heterocycles. The number of aromatic nitrogens is 4. The zero-order chi connectivity index (χ0) is 15.8. The molecule has 1 aliphatic rings. The van der Waals surface area contributed by atoms with Gasteiger partial charge in [-0.2, -0.15) is 9.61 Å². The van der Waals surface area contributed by atoms with E-state index in [1.807, 2.05) is 22.7 Å². The fourth-order valence-electron chi connectivity index (χ4n) is 3.09. The molecule has 3 aromatic heterocycles. The summed E-state index contributed by atoms with van der Waals surface area (Å²) in [7, 11) is 0. The first-order valence-corrected chi connectivity index (χ1v) is 7.97. The fraction of sp³-hybridized carbons (Fsp3) is 0.353. The van der Waals surface area contributed by atoms with Gasteiger partial charge in [-0.1, -0.05) is 0 Å². The first kappa shape index (κ1) is 14.1. The Morgan fingerprint density at radius 2 is 1.83 bits per heavy atom. The predicted molar refractivity (Wildman–Crippen MR) is 90.8 cm³/mol. The van der Waals surface area contributed by atoms with E-state index in [-0.39, 0.29) is 0 Å². The second kappa shape index (κ2) is 5.62. The number of nitrogens with one attached hydrogen (secondary N) is 1. The van der Waals surface area contributed by atoms with Crippen LogP contribution in [0.3, 0.4) is 0 Å². The molecule has 118 valence electrons. The van der Waals surface area contributed by atoms with Crippen LogP contribution in [0.5, 0.6) is 0 Å². The summed E-state index contributed by atoms with van der Waals surface area (Å²) in [5.74, 6) is 1.16. The van der Waals surface area contributed by atoms with Crippen LogP contribution in [0.2, 0.25) is 0 Å². The fourth-order valence-corrected chi connectivity index (χ4v) is 3.09. The van der Waals surface area contributed by atoms with Gasteiger partial charge in [0.2, 0.25) is 0 Å². The maximum Gasteiger partial charge on any atom is 0.158 e. The Morgan fingerprint density at radius 3 is 2.57 bits per heavy atom. The minimum absolute atomic E-state index is 0.897. The summed E-state index contributed by atoms with van der Waals surface area (Å²) in [5.41, 5.74) is 5.15. The van der Waals surface area contributed by atoms with E-state index in [1.165, 1.54) is 5.56 Å². The Hall–Kier alpha value is -2.47. The van der Waals surface area contributed by atoms with Crippen LogP contribution in [-0.4, -0.2) is 45.8 Å². The van der Waals surface area contributed by atoms with Crippen molar-refractivity contribution in [1.29, 1.82) is 0 Å². The summed E-state index contributed by atoms with van der Waals surface area (Å²) < 4.78 is 1.99. The number of hydrogen-bond acceptors (Lipinski definition) is 5. The molecule has 0 bridgehead atoms. The van der Waals surface area contributed by atoms with E-state index in [4.69, 9.17) is 10.1 Å². The van der Waals surface area contributed by atoms with E-state index in [9.17, 15) is 0 Å². The van der Waals surface area contributed by atoms with Gasteiger partial charge in [0.1, 0.15) is 5.82 Å². The Balaban J connectivity index is 1.90. The van der Waals surface area contributed by atoms with Gasteiger partial charge in [0.15, 0.2) is 5.65 Å². The molecule has 0 spiro atoms. The van der Waals surface area contributed by atoms with Crippen molar-refractivity contribution in [2.45, 2.75) is 13.8 Å². The van der Waals surface area contributed by atoms with Gasteiger partial charge in [-0.15, -0.1) is 0 Å². The SMILES string of the molecule is Cc1nc2cc(-c3ccncc3)nn2c(N2CCNCC2)c1C. The van der Waals surface area contributed by atoms with E-state index in [0.29, 0.717) is 0 Å². The van der Waals surface area contributed by atoms with E-state index in [1.54, 1.807) is 12.4 Å². The lowest BCUT2D eigenvalue weighted by Gasteiger charge is -2.31. The lowest BCUT2D eigenvalue weighted by atomic mass is 10.2. The number of fused-ring (bicyclic) bond motifs is 1. The standard InChI is InChI=1S/C17H20N6/c1-12-13(2)20-16-11-15(14-3-5-18-6-4-14)21-23(16)17(12)22-9-7-19-8-10-22/h3-6,11,19H,7-10H2,1-2H3. The third kappa shape index (κ3) is 2.45. The van der Waals surface area contributed by atoms with Gasteiger partial charge < -0.3 is 10.2 Å². The molecule has 1 N–H and O–H groups in total. The smallest absolute Gasteiger partial charge is 0.158 e. The number of nitrogens with zero attached hydrogens (tertiary/aromatic N) is 5. The third-order valence-electron chi connectivity index (χ3n) is 4.44. The molecule has 1 fully saturated rings. The molecule has 0 unspecified atom stereocenters. The second-order valence-corrected chi connectivity index (χ2v) is 5.92. The van der Waals surface area contributed by atoms with Crippen molar-refractivity contribution in [3.05, 3.63) is 41.9 Å². The number of piperazine rings is 1. The maximum absolute atomic E-state index is 4.82. The Kier molecular flexibility index (Phi) is 3.46. The van der Waals surface area contributed by atoms with E-state index < -0.39 is 0 Å². The average molecular weight is 308 g/mol. The van der Waals surface area contributed by atoms with Crippen LogP contribution in [0, 0.1) is 13.8 Å². The number of aryl methyl sites for hydroxylation is 1. The highest BCUT2D eigenvalue weighted by Crippen LogP contribution is 2.26. The summed E-state index contributed by atoms with van der Waals surface area (Å²) in [5, 5.41) is 8.23. The quantitative estimate of drug-likeness (QED) is 0.782. The summed E-state index contributed by atoms with van der Waals surface area (Å²) in [4.78, 5) is 11.2. The largest absolute Gasteiger partial charge is 0.354 e. The van der Waals surface area contributed by atoms with Crippen molar-refractivity contribution in [3.63, 3.8) is 0 Å². The van der Waals surface area contributed by atoms with Crippen molar-refractivity contribution in [1.82, 2.24) is 24.9 Å². The Bertz CT molecular complexity index is 833. The molecule has 1 aliphatic heterocycles. The molecule has 0 aromatic carbocycles. The third-order valence-corrected chi connectivity index (χ3v) is 4.44. The Labute approximate surface area is 135 Å². The highest BCUT2D eigenvalue weighted by molar-refractivity contribution is 5.66. The van der Waals surface area contributed by atoms with Crippen LogP contribution in [0.1, 0.15) is 11.3 Å². The van der Waals surface area contributed by atoms with Crippen LogP contribution in [0.25, 0.3) is 16.9 Å². The number of hydrogen-bond donors (Lipinski definition) is 1. The van der Waals surface area contributed by atoms with Crippen LogP contribution in [0.4, 0.5) is 5.82 Å². The Morgan fingerprint density at radius 1 is 1.09 bits per heavy atom. The molecule has 23 heavy (non-hydrogen) atoms. The first-order chi connectivity index (χ1) is 11.2. The van der Waals surface area contributed by atoms with Gasteiger partial charge in [0.25, 0.3) is 0 Å². The van der Waals surface area contributed by atoms with E-state index >= 15 is 0 Å². The molecule has 0 amide bonds. The van der Waals surface area contributed by atoms with Crippen LogP contribution >= 0.6 is 0 Å². The van der Waals surface area contributed by atoms with Crippen molar-refractivity contribution < 1.29 is 0 Å². The van der Waals surface area contributed by atoms with Crippen LogP contribution in [-0.2, 0) is 0 Å². The lowest BCUT2D eigenvalue weighted by molar-refractivity contribution is 0.578. The monoisotopic (exact) mass is 308 g/mol. The lowest BCUT2D eigenvalue weighted by Crippen LogP contribution is -2.44. The minimum Gasteiger partial charge on any atom is -0.354 e. The number of pyridine rings is 1. The normalized spacial score (nSPS) is 15.3. The van der Waals surface area contributed by atoms with Gasteiger partial charge in [0, 0.05) is 61.5 Å². The minimum atomic E-state index is 0.897. The van der Waals surface area contributed by atoms with E-state index in [2.05, 4.69) is 29.0 Å². The highest BCUT2D eigenvalue weighted by atomic mass is 15.4. The van der Waals surface area contributed by atoms with Gasteiger partial charge in [0.05, 0.1) is 5.69 Å². The molecule has 0 atom stereocenters. The summed E-state index contributed by atoms with van der Waals surface area (Å²) in [6, 6.07) is 6.01. The average Bonchev–Trinajstić information content (AvgIpc) is 3.01. The summed E-state index contributed by atoms with van der Waals surface area (Å²) in [6.07, 6.45) is 3.58. The zero-order valence-corrected chi connectivity index (χ0v) is 13.5. The molecular formula is C17H20N6. The predicted octanol–water partition coefficient (Wildman–Crippen LogP) is 1.82. The number of anilines is 1. The molecule has 4 heterocycles. The molecule has 6 heteroatoms. The van der Waals surface area contributed by atoms with Gasteiger partial charge in [-0.25, -0.2) is 4.98 Å². The van der Waals surface area contributed by atoms with Crippen LogP contribution < -0.4 is 10.2 Å². The highest BCUT2D eigenvalue weighted by Gasteiger charge is 2.20. The van der Waals surface area contributed by atoms with Crippen molar-refractivity contribution in [2.75, 3.05) is 31.1 Å². The number of rotatable bonds is 2.